The Morgan fingerprint density at radius 2 is 1.82 bits per heavy atom. The number of nitrogens with zero attached hydrogens (tertiary/aromatic N) is 4. The highest BCUT2D eigenvalue weighted by atomic mass is 32.2. The van der Waals surface area contributed by atoms with Crippen LogP contribution in [0.15, 0.2) is 35.5 Å². The fourth-order valence-electron chi connectivity index (χ4n) is 3.70. The van der Waals surface area contributed by atoms with Crippen LogP contribution in [0.3, 0.4) is 0 Å². The molecule has 1 fully saturated rings. The molecule has 1 aliphatic heterocycles. The summed E-state index contributed by atoms with van der Waals surface area (Å²) in [7, 11) is -0.320. The first-order valence-corrected chi connectivity index (χ1v) is 12.7. The van der Waals surface area contributed by atoms with Crippen molar-refractivity contribution < 1.29 is 27.5 Å². The van der Waals surface area contributed by atoms with E-state index in [-0.39, 0.29) is 30.6 Å². The second kappa shape index (κ2) is 11.0. The van der Waals surface area contributed by atoms with Gasteiger partial charge in [-0.15, -0.1) is 0 Å². The van der Waals surface area contributed by atoms with Crippen LogP contribution in [0.5, 0.6) is 5.75 Å². The van der Waals surface area contributed by atoms with E-state index in [9.17, 15) is 18.0 Å². The fraction of sp³-hybridized carbons (Fsp3) is 0.522. The number of esters is 1. The summed E-state index contributed by atoms with van der Waals surface area (Å²) in [6.07, 6.45) is 2.15. The number of benzene rings is 1. The lowest BCUT2D eigenvalue weighted by Gasteiger charge is -2.29. The standard InChI is InChI=1S/C23H32N4O6S/c1-5-32-20-8-6-18(7-9-20)14-26(4)22(28)16-33-23(29)19-10-12-27(13-11-19)34(30,31)21-15-25(3)17(2)24-21/h6-9,15,19H,5,10-14,16H2,1-4H3. The van der Waals surface area contributed by atoms with Crippen LogP contribution in [0.2, 0.25) is 0 Å². The van der Waals surface area contributed by atoms with Gasteiger partial charge >= 0.3 is 5.97 Å². The van der Waals surface area contributed by atoms with Gasteiger partial charge in [0.25, 0.3) is 15.9 Å². The molecule has 1 aliphatic rings. The number of ether oxygens (including phenoxy) is 2. The number of piperidine rings is 1. The van der Waals surface area contributed by atoms with Crippen LogP contribution in [0, 0.1) is 12.8 Å². The number of carbonyl (C=O) groups is 2. The SMILES string of the molecule is CCOc1ccc(CN(C)C(=O)COC(=O)C2CCN(S(=O)(=O)c3cn(C)c(C)n3)CC2)cc1. The summed E-state index contributed by atoms with van der Waals surface area (Å²) >= 11 is 0. The van der Waals surface area contributed by atoms with Gasteiger partial charge in [0.1, 0.15) is 11.6 Å². The molecule has 3 rings (SSSR count). The Morgan fingerprint density at radius 3 is 2.38 bits per heavy atom. The molecule has 0 radical (unpaired) electrons. The zero-order valence-corrected chi connectivity index (χ0v) is 20.9. The molecule has 10 nitrogen and oxygen atoms in total. The quantitative estimate of drug-likeness (QED) is 0.490. The minimum absolute atomic E-state index is 0.00897. The van der Waals surface area contributed by atoms with E-state index in [2.05, 4.69) is 4.98 Å². The van der Waals surface area contributed by atoms with Crippen molar-refractivity contribution in [3.8, 4) is 5.75 Å². The smallest absolute Gasteiger partial charge is 0.309 e. The summed E-state index contributed by atoms with van der Waals surface area (Å²) in [5.41, 5.74) is 0.933. The first kappa shape index (κ1) is 25.7. The van der Waals surface area contributed by atoms with Gasteiger partial charge in [-0.1, -0.05) is 12.1 Å². The van der Waals surface area contributed by atoms with Crippen LogP contribution in [-0.2, 0) is 37.9 Å². The summed E-state index contributed by atoms with van der Waals surface area (Å²) < 4.78 is 39.2. The van der Waals surface area contributed by atoms with E-state index >= 15 is 0 Å². The first-order chi connectivity index (χ1) is 16.1. The van der Waals surface area contributed by atoms with E-state index in [0.717, 1.165) is 11.3 Å². The van der Waals surface area contributed by atoms with Crippen LogP contribution in [0.4, 0.5) is 0 Å². The van der Waals surface area contributed by atoms with E-state index < -0.39 is 21.9 Å². The molecule has 186 valence electrons. The maximum Gasteiger partial charge on any atom is 0.309 e. The number of hydrogen-bond donors (Lipinski definition) is 0. The van der Waals surface area contributed by atoms with Crippen LogP contribution < -0.4 is 4.74 Å². The number of hydrogen-bond acceptors (Lipinski definition) is 7. The number of imidazole rings is 1. The van der Waals surface area contributed by atoms with Gasteiger partial charge in [0.15, 0.2) is 11.6 Å². The fourth-order valence-corrected chi connectivity index (χ4v) is 5.19. The molecule has 0 atom stereocenters. The van der Waals surface area contributed by atoms with Crippen molar-refractivity contribution in [3.63, 3.8) is 0 Å². The van der Waals surface area contributed by atoms with Crippen molar-refractivity contribution in [1.82, 2.24) is 18.8 Å². The molecule has 2 aromatic rings. The summed E-state index contributed by atoms with van der Waals surface area (Å²) in [5.74, 6) is 0.139. The predicted molar refractivity (Wildman–Crippen MR) is 124 cm³/mol. The Hall–Kier alpha value is -2.92. The highest BCUT2D eigenvalue weighted by Gasteiger charge is 2.34. The van der Waals surface area contributed by atoms with Crippen LogP contribution in [0.1, 0.15) is 31.2 Å². The van der Waals surface area contributed by atoms with Crippen molar-refractivity contribution in [3.05, 3.63) is 41.9 Å². The van der Waals surface area contributed by atoms with E-state index in [1.54, 1.807) is 25.6 Å². The average molecular weight is 493 g/mol. The lowest BCUT2D eigenvalue weighted by Crippen LogP contribution is -2.41. The topological polar surface area (TPSA) is 111 Å². The number of aromatic nitrogens is 2. The lowest BCUT2D eigenvalue weighted by atomic mass is 9.98. The summed E-state index contributed by atoms with van der Waals surface area (Å²) in [5, 5.41) is 0.00897. The molecule has 0 bridgehead atoms. The third kappa shape index (κ3) is 6.15. The van der Waals surface area contributed by atoms with Crippen LogP contribution >= 0.6 is 0 Å². The summed E-state index contributed by atoms with van der Waals surface area (Å²) in [6, 6.07) is 7.46. The average Bonchev–Trinajstić information content (AvgIpc) is 3.17. The predicted octanol–water partition coefficient (Wildman–Crippen LogP) is 1.73. The molecule has 11 heteroatoms. The van der Waals surface area contributed by atoms with Crippen molar-refractivity contribution in [2.75, 3.05) is 33.4 Å². The number of amides is 1. The van der Waals surface area contributed by atoms with Gasteiger partial charge in [0.2, 0.25) is 0 Å². The first-order valence-electron chi connectivity index (χ1n) is 11.2. The number of sulfonamides is 1. The Bertz CT molecular complexity index is 1090. The molecule has 34 heavy (non-hydrogen) atoms. The van der Waals surface area contributed by atoms with Crippen molar-refractivity contribution in [1.29, 1.82) is 0 Å². The molecular weight excluding hydrogens is 460 g/mol. The minimum atomic E-state index is -3.71. The zero-order chi connectivity index (χ0) is 24.9. The van der Waals surface area contributed by atoms with E-state index in [4.69, 9.17) is 9.47 Å². The molecule has 1 saturated heterocycles. The molecule has 1 amide bonds. The Kier molecular flexibility index (Phi) is 8.32. The van der Waals surface area contributed by atoms with Gasteiger partial charge in [-0.25, -0.2) is 13.4 Å². The van der Waals surface area contributed by atoms with Gasteiger partial charge in [0, 0.05) is 39.9 Å². The van der Waals surface area contributed by atoms with Gasteiger partial charge < -0.3 is 18.9 Å². The maximum absolute atomic E-state index is 12.8. The Balaban J connectivity index is 1.45. The van der Waals surface area contributed by atoms with Gasteiger partial charge in [-0.05, 0) is 44.4 Å². The van der Waals surface area contributed by atoms with Gasteiger partial charge in [-0.3, -0.25) is 9.59 Å². The number of likely N-dealkylation sites (N-methyl/N-ethyl adjacent to an activating group) is 1. The normalized spacial score (nSPS) is 15.2. The second-order valence-electron chi connectivity index (χ2n) is 8.35. The third-order valence-corrected chi connectivity index (χ3v) is 7.67. The molecule has 0 spiro atoms. The zero-order valence-electron chi connectivity index (χ0n) is 20.1. The number of carbonyl (C=O) groups excluding carboxylic acids is 2. The summed E-state index contributed by atoms with van der Waals surface area (Å²) in [6.45, 7) is 4.66. The monoisotopic (exact) mass is 492 g/mol. The van der Waals surface area contributed by atoms with Crippen molar-refractivity contribution in [2.45, 2.75) is 38.3 Å². The van der Waals surface area contributed by atoms with E-state index in [1.807, 2.05) is 31.2 Å². The van der Waals surface area contributed by atoms with Crippen molar-refractivity contribution >= 4 is 21.9 Å². The largest absolute Gasteiger partial charge is 0.494 e. The third-order valence-electron chi connectivity index (χ3n) is 5.90. The molecule has 0 N–H and O–H groups in total. The molecular formula is C23H32N4O6S. The number of aryl methyl sites for hydroxylation is 2. The molecule has 2 heterocycles. The minimum Gasteiger partial charge on any atom is -0.494 e. The summed E-state index contributed by atoms with van der Waals surface area (Å²) in [4.78, 5) is 30.5. The highest BCUT2D eigenvalue weighted by molar-refractivity contribution is 7.89. The van der Waals surface area contributed by atoms with E-state index in [0.29, 0.717) is 31.8 Å². The molecule has 0 saturated carbocycles. The van der Waals surface area contributed by atoms with Crippen LogP contribution in [0.25, 0.3) is 0 Å². The molecule has 0 aliphatic carbocycles. The van der Waals surface area contributed by atoms with Crippen molar-refractivity contribution in [2.24, 2.45) is 13.0 Å². The lowest BCUT2D eigenvalue weighted by molar-refractivity contribution is -0.156. The molecule has 0 unspecified atom stereocenters. The number of rotatable bonds is 9. The molecule has 1 aromatic heterocycles. The van der Waals surface area contributed by atoms with Gasteiger partial charge in [0.05, 0.1) is 12.5 Å². The van der Waals surface area contributed by atoms with E-state index in [1.165, 1.54) is 15.4 Å². The Morgan fingerprint density at radius 1 is 1.18 bits per heavy atom. The Labute approximate surface area is 200 Å². The van der Waals surface area contributed by atoms with Gasteiger partial charge in [-0.2, -0.15) is 4.31 Å². The molecule has 1 aromatic carbocycles. The maximum atomic E-state index is 12.8. The highest BCUT2D eigenvalue weighted by Crippen LogP contribution is 2.24. The second-order valence-corrected chi connectivity index (χ2v) is 10.2. The van der Waals surface area contributed by atoms with Crippen LogP contribution in [-0.4, -0.2) is 72.4 Å².